The van der Waals surface area contributed by atoms with Crippen LogP contribution in [-0.4, -0.2) is 12.6 Å². The summed E-state index contributed by atoms with van der Waals surface area (Å²) in [7, 11) is 0. The lowest BCUT2D eigenvalue weighted by Gasteiger charge is -2.47. The minimum absolute atomic E-state index is 0.390. The zero-order chi connectivity index (χ0) is 11.0. The Morgan fingerprint density at radius 2 is 2.12 bits per heavy atom. The van der Waals surface area contributed by atoms with E-state index in [2.05, 4.69) is 23.5 Å². The largest absolute Gasteiger partial charge is 0.313 e. The predicted molar refractivity (Wildman–Crippen MR) is 68.0 cm³/mol. The molecule has 0 spiro atoms. The van der Waals surface area contributed by atoms with Gasteiger partial charge >= 0.3 is 0 Å². The van der Waals surface area contributed by atoms with Gasteiger partial charge in [0, 0.05) is 16.5 Å². The average Bonchev–Trinajstić information content (AvgIpc) is 2.70. The highest BCUT2D eigenvalue weighted by molar-refractivity contribution is 6.30. The van der Waals surface area contributed by atoms with Crippen LogP contribution in [0.4, 0.5) is 0 Å². The summed E-state index contributed by atoms with van der Waals surface area (Å²) in [6, 6.07) is 9.16. The second kappa shape index (κ2) is 4.05. The van der Waals surface area contributed by atoms with Crippen LogP contribution < -0.4 is 5.32 Å². The molecule has 1 aromatic rings. The summed E-state index contributed by atoms with van der Waals surface area (Å²) in [5, 5.41) is 4.55. The number of nitrogens with one attached hydrogen (secondary N) is 1. The van der Waals surface area contributed by atoms with Crippen LogP contribution in [0.3, 0.4) is 0 Å². The molecule has 3 rings (SSSR count). The summed E-state index contributed by atoms with van der Waals surface area (Å²) in [5.41, 5.74) is 1.84. The molecule has 1 unspecified atom stereocenters. The molecule has 16 heavy (non-hydrogen) atoms. The molecule has 1 aromatic carbocycles. The lowest BCUT2D eigenvalue weighted by Crippen LogP contribution is -2.50. The van der Waals surface area contributed by atoms with Gasteiger partial charge in [0.1, 0.15) is 0 Å². The van der Waals surface area contributed by atoms with E-state index in [1.54, 1.807) is 0 Å². The van der Waals surface area contributed by atoms with Gasteiger partial charge in [0.25, 0.3) is 0 Å². The highest BCUT2D eigenvalue weighted by Crippen LogP contribution is 2.48. The Labute approximate surface area is 102 Å². The second-order valence-electron chi connectivity index (χ2n) is 5.17. The predicted octanol–water partition coefficient (Wildman–Crippen LogP) is 3.51. The molecule has 2 aliphatic rings. The van der Waals surface area contributed by atoms with E-state index in [9.17, 15) is 0 Å². The van der Waals surface area contributed by atoms with E-state index in [1.165, 1.54) is 44.2 Å². The van der Waals surface area contributed by atoms with Crippen molar-refractivity contribution in [3.8, 4) is 0 Å². The molecule has 2 heteroatoms. The van der Waals surface area contributed by atoms with E-state index < -0.39 is 0 Å². The molecule has 1 heterocycles. The molecule has 2 fully saturated rings. The highest BCUT2D eigenvalue weighted by Gasteiger charge is 2.46. The lowest BCUT2D eigenvalue weighted by atomic mass is 9.60. The minimum atomic E-state index is 0.390. The summed E-state index contributed by atoms with van der Waals surface area (Å²) in [5.74, 6) is 0. The highest BCUT2D eigenvalue weighted by atomic mass is 35.5. The quantitative estimate of drug-likeness (QED) is 0.827. The van der Waals surface area contributed by atoms with Gasteiger partial charge in [-0.1, -0.05) is 30.2 Å². The molecule has 1 nitrogen and oxygen atoms in total. The third kappa shape index (κ3) is 1.57. The van der Waals surface area contributed by atoms with Crippen molar-refractivity contribution in [1.29, 1.82) is 0 Å². The van der Waals surface area contributed by atoms with Crippen molar-refractivity contribution in [3.05, 3.63) is 34.9 Å². The van der Waals surface area contributed by atoms with E-state index in [1.807, 2.05) is 6.07 Å². The molecule has 0 radical (unpaired) electrons. The van der Waals surface area contributed by atoms with Crippen LogP contribution in [0.15, 0.2) is 24.3 Å². The number of hydrogen-bond donors (Lipinski definition) is 1. The molecule has 86 valence electrons. The van der Waals surface area contributed by atoms with Crippen molar-refractivity contribution in [1.82, 2.24) is 5.32 Å². The molecule has 0 amide bonds. The van der Waals surface area contributed by atoms with Gasteiger partial charge in [-0.2, -0.15) is 0 Å². The Hall–Kier alpha value is -0.530. The summed E-state index contributed by atoms with van der Waals surface area (Å²) < 4.78 is 0. The number of rotatable bonds is 2. The Morgan fingerprint density at radius 1 is 1.25 bits per heavy atom. The number of halogens is 1. The monoisotopic (exact) mass is 235 g/mol. The minimum Gasteiger partial charge on any atom is -0.313 e. The molecule has 1 atom stereocenters. The first-order valence-electron chi connectivity index (χ1n) is 6.31. The Bertz CT molecular complexity index is 378. The number of benzene rings is 1. The van der Waals surface area contributed by atoms with Gasteiger partial charge in [-0.25, -0.2) is 0 Å². The maximum absolute atomic E-state index is 6.12. The Morgan fingerprint density at radius 3 is 2.69 bits per heavy atom. The van der Waals surface area contributed by atoms with Crippen LogP contribution in [0.2, 0.25) is 5.02 Å². The first-order chi connectivity index (χ1) is 7.81. The van der Waals surface area contributed by atoms with Gasteiger partial charge in [0.15, 0.2) is 0 Å². The summed E-state index contributed by atoms with van der Waals surface area (Å²) in [6.07, 6.45) is 6.67. The van der Waals surface area contributed by atoms with Crippen molar-refractivity contribution in [2.24, 2.45) is 0 Å². The Kier molecular flexibility index (Phi) is 2.68. The fourth-order valence-corrected chi connectivity index (χ4v) is 3.54. The zero-order valence-corrected chi connectivity index (χ0v) is 10.3. The first-order valence-corrected chi connectivity index (χ1v) is 6.68. The molecule has 1 saturated heterocycles. The topological polar surface area (TPSA) is 12.0 Å². The smallest absolute Gasteiger partial charge is 0.0408 e. The van der Waals surface area contributed by atoms with Crippen LogP contribution in [0, 0.1) is 0 Å². The molecule has 0 bridgehead atoms. The van der Waals surface area contributed by atoms with Gasteiger partial charge in [-0.05, 0) is 49.9 Å². The van der Waals surface area contributed by atoms with Gasteiger partial charge in [-0.15, -0.1) is 0 Å². The van der Waals surface area contributed by atoms with Gasteiger partial charge in [-0.3, -0.25) is 0 Å². The van der Waals surface area contributed by atoms with Crippen molar-refractivity contribution in [2.45, 2.75) is 43.6 Å². The summed E-state index contributed by atoms with van der Waals surface area (Å²) >= 11 is 6.12. The summed E-state index contributed by atoms with van der Waals surface area (Å²) in [6.45, 7) is 1.19. The molecule has 1 aliphatic carbocycles. The Balaban J connectivity index is 1.94. The van der Waals surface area contributed by atoms with E-state index in [-0.39, 0.29) is 0 Å². The van der Waals surface area contributed by atoms with Gasteiger partial charge in [0.05, 0.1) is 0 Å². The van der Waals surface area contributed by atoms with Crippen molar-refractivity contribution < 1.29 is 0 Å². The SMILES string of the molecule is Clc1cccc(C2(C3CCCN3)CCC2)c1. The maximum Gasteiger partial charge on any atom is 0.0408 e. The van der Waals surface area contributed by atoms with Crippen molar-refractivity contribution in [3.63, 3.8) is 0 Å². The standard InChI is InChI=1S/C14H18ClN/c15-12-5-1-4-11(10-12)14(7-3-8-14)13-6-2-9-16-13/h1,4-5,10,13,16H,2-3,6-9H2. The fourth-order valence-electron chi connectivity index (χ4n) is 3.35. The van der Waals surface area contributed by atoms with E-state index >= 15 is 0 Å². The molecule has 1 N–H and O–H groups in total. The van der Waals surface area contributed by atoms with Crippen molar-refractivity contribution >= 4 is 11.6 Å². The fraction of sp³-hybridized carbons (Fsp3) is 0.571. The lowest BCUT2D eigenvalue weighted by molar-refractivity contribution is 0.182. The first kappa shape index (κ1) is 10.6. The maximum atomic E-state index is 6.12. The average molecular weight is 236 g/mol. The molecule has 0 aromatic heterocycles. The van der Waals surface area contributed by atoms with Crippen LogP contribution in [0.25, 0.3) is 0 Å². The third-order valence-corrected chi connectivity index (χ3v) is 4.61. The van der Waals surface area contributed by atoms with E-state index in [0.29, 0.717) is 11.5 Å². The zero-order valence-electron chi connectivity index (χ0n) is 9.51. The summed E-state index contributed by atoms with van der Waals surface area (Å²) in [4.78, 5) is 0. The second-order valence-corrected chi connectivity index (χ2v) is 5.61. The van der Waals surface area contributed by atoms with Crippen LogP contribution in [0.5, 0.6) is 0 Å². The molecule has 1 saturated carbocycles. The van der Waals surface area contributed by atoms with Gasteiger partial charge < -0.3 is 5.32 Å². The van der Waals surface area contributed by atoms with Gasteiger partial charge in [0.2, 0.25) is 0 Å². The van der Waals surface area contributed by atoms with Crippen LogP contribution in [-0.2, 0) is 5.41 Å². The molecular formula is C14H18ClN. The molecule has 1 aliphatic heterocycles. The van der Waals surface area contributed by atoms with E-state index in [4.69, 9.17) is 11.6 Å². The normalized spacial score (nSPS) is 27.7. The van der Waals surface area contributed by atoms with Crippen molar-refractivity contribution in [2.75, 3.05) is 6.54 Å². The van der Waals surface area contributed by atoms with Crippen LogP contribution in [0.1, 0.15) is 37.7 Å². The van der Waals surface area contributed by atoms with Crippen LogP contribution >= 0.6 is 11.6 Å². The molecular weight excluding hydrogens is 218 g/mol. The number of hydrogen-bond acceptors (Lipinski definition) is 1. The third-order valence-electron chi connectivity index (χ3n) is 4.37. The van der Waals surface area contributed by atoms with E-state index in [0.717, 1.165) is 5.02 Å².